The molecule has 1 aliphatic heterocycles. The van der Waals surface area contributed by atoms with E-state index in [0.29, 0.717) is 16.3 Å². The Morgan fingerprint density at radius 1 is 1.07 bits per heavy atom. The first-order valence-electron chi connectivity index (χ1n) is 9.58. The van der Waals surface area contributed by atoms with Crippen molar-refractivity contribution in [3.8, 4) is 11.3 Å². The van der Waals surface area contributed by atoms with Gasteiger partial charge in [0.1, 0.15) is 10.6 Å². The molecule has 1 saturated heterocycles. The number of nitrogens with zero attached hydrogens (tertiary/aromatic N) is 2. The number of nitrogen functional groups attached to an aromatic ring is 1. The standard InChI is InChI=1S/C22H24N4OS/c23-19-20(17-9-5-2-6-10-17)25-28-21(19)22(27)24-18-11-13-26(14-12-18)15-16-7-3-1-4-8-16/h1-10,18H,11-15,23H2,(H,24,27). The summed E-state index contributed by atoms with van der Waals surface area (Å²) in [6.07, 6.45) is 1.89. The molecule has 0 aliphatic carbocycles. The molecule has 6 heteroatoms. The molecule has 1 aromatic heterocycles. The number of anilines is 1. The third-order valence-corrected chi connectivity index (χ3v) is 6.01. The van der Waals surface area contributed by atoms with Crippen molar-refractivity contribution < 1.29 is 4.79 Å². The average molecular weight is 393 g/mol. The van der Waals surface area contributed by atoms with Crippen molar-refractivity contribution in [3.05, 3.63) is 71.1 Å². The van der Waals surface area contributed by atoms with Crippen molar-refractivity contribution in [2.45, 2.75) is 25.4 Å². The molecule has 1 aliphatic rings. The van der Waals surface area contributed by atoms with Crippen LogP contribution in [0, 0.1) is 0 Å². The molecule has 144 valence electrons. The van der Waals surface area contributed by atoms with Gasteiger partial charge in [0.05, 0.1) is 5.69 Å². The van der Waals surface area contributed by atoms with E-state index in [1.165, 1.54) is 17.1 Å². The number of aromatic nitrogens is 1. The number of nitrogens with one attached hydrogen (secondary N) is 1. The van der Waals surface area contributed by atoms with E-state index in [-0.39, 0.29) is 11.9 Å². The molecular formula is C22H24N4OS. The van der Waals surface area contributed by atoms with E-state index in [0.717, 1.165) is 38.0 Å². The quantitative estimate of drug-likeness (QED) is 0.693. The minimum absolute atomic E-state index is 0.112. The lowest BCUT2D eigenvalue weighted by molar-refractivity contribution is 0.0914. The van der Waals surface area contributed by atoms with Crippen molar-refractivity contribution in [1.82, 2.24) is 14.6 Å². The van der Waals surface area contributed by atoms with Crippen molar-refractivity contribution >= 4 is 23.1 Å². The summed E-state index contributed by atoms with van der Waals surface area (Å²) < 4.78 is 4.41. The van der Waals surface area contributed by atoms with Gasteiger partial charge in [0, 0.05) is 31.2 Å². The molecule has 2 heterocycles. The number of piperidine rings is 1. The Morgan fingerprint density at radius 3 is 2.39 bits per heavy atom. The van der Waals surface area contributed by atoms with E-state index in [2.05, 4.69) is 38.9 Å². The fourth-order valence-corrected chi connectivity index (χ4v) is 4.32. The molecule has 5 nitrogen and oxygen atoms in total. The van der Waals surface area contributed by atoms with E-state index in [9.17, 15) is 4.79 Å². The molecule has 28 heavy (non-hydrogen) atoms. The Hall–Kier alpha value is -2.70. The molecule has 0 unspecified atom stereocenters. The fourth-order valence-electron chi connectivity index (χ4n) is 3.59. The molecule has 1 amide bonds. The summed E-state index contributed by atoms with van der Waals surface area (Å²) in [5.41, 5.74) is 9.65. The van der Waals surface area contributed by atoms with Crippen LogP contribution in [0.4, 0.5) is 5.69 Å². The average Bonchev–Trinajstić information content (AvgIpc) is 3.12. The van der Waals surface area contributed by atoms with Crippen LogP contribution in [0.2, 0.25) is 0 Å². The number of hydrogen-bond donors (Lipinski definition) is 2. The third-order valence-electron chi connectivity index (χ3n) is 5.15. The van der Waals surface area contributed by atoms with Gasteiger partial charge >= 0.3 is 0 Å². The van der Waals surface area contributed by atoms with Crippen LogP contribution in [0.1, 0.15) is 28.1 Å². The maximum atomic E-state index is 12.7. The van der Waals surface area contributed by atoms with Gasteiger partial charge in [-0.25, -0.2) is 0 Å². The first-order chi connectivity index (χ1) is 13.7. The molecule has 3 N–H and O–H groups in total. The van der Waals surface area contributed by atoms with Crippen LogP contribution in [0.15, 0.2) is 60.7 Å². The van der Waals surface area contributed by atoms with Crippen molar-refractivity contribution in [3.63, 3.8) is 0 Å². The summed E-state index contributed by atoms with van der Waals surface area (Å²) in [5, 5.41) is 3.15. The third kappa shape index (κ3) is 4.24. The molecule has 3 aromatic rings. The Balaban J connectivity index is 1.33. The second-order valence-corrected chi connectivity index (χ2v) is 7.92. The van der Waals surface area contributed by atoms with E-state index < -0.39 is 0 Å². The van der Waals surface area contributed by atoms with Crippen LogP contribution in [0.3, 0.4) is 0 Å². The zero-order valence-corrected chi connectivity index (χ0v) is 16.5. The van der Waals surface area contributed by atoms with Crippen LogP contribution in [-0.2, 0) is 6.54 Å². The summed E-state index contributed by atoms with van der Waals surface area (Å²) >= 11 is 1.17. The largest absolute Gasteiger partial charge is 0.396 e. The Labute approximate surface area is 169 Å². The first-order valence-corrected chi connectivity index (χ1v) is 10.4. The van der Waals surface area contributed by atoms with Crippen LogP contribution >= 0.6 is 11.5 Å². The van der Waals surface area contributed by atoms with Gasteiger partial charge in [0.15, 0.2) is 0 Å². The van der Waals surface area contributed by atoms with Gasteiger partial charge in [-0.05, 0) is 29.9 Å². The minimum atomic E-state index is -0.112. The number of benzene rings is 2. The molecule has 0 radical (unpaired) electrons. The smallest absolute Gasteiger partial charge is 0.265 e. The van der Waals surface area contributed by atoms with Gasteiger partial charge in [-0.1, -0.05) is 60.7 Å². The number of hydrogen-bond acceptors (Lipinski definition) is 5. The van der Waals surface area contributed by atoms with E-state index in [1.54, 1.807) is 0 Å². The molecule has 0 spiro atoms. The predicted molar refractivity (Wildman–Crippen MR) is 114 cm³/mol. The predicted octanol–water partition coefficient (Wildman–Crippen LogP) is 3.79. The highest BCUT2D eigenvalue weighted by atomic mass is 32.1. The number of carbonyl (C=O) groups excluding carboxylic acids is 1. The van der Waals surface area contributed by atoms with Crippen LogP contribution in [0.5, 0.6) is 0 Å². The summed E-state index contributed by atoms with van der Waals surface area (Å²) in [6, 6.07) is 20.4. The van der Waals surface area contributed by atoms with Gasteiger partial charge in [-0.15, -0.1) is 0 Å². The Bertz CT molecular complexity index is 918. The Morgan fingerprint density at radius 2 is 1.71 bits per heavy atom. The van der Waals surface area contributed by atoms with Crippen molar-refractivity contribution in [1.29, 1.82) is 0 Å². The van der Waals surface area contributed by atoms with E-state index in [1.807, 2.05) is 36.4 Å². The summed E-state index contributed by atoms with van der Waals surface area (Å²) in [6.45, 7) is 2.92. The van der Waals surface area contributed by atoms with Gasteiger partial charge < -0.3 is 11.1 Å². The summed E-state index contributed by atoms with van der Waals surface area (Å²) in [4.78, 5) is 15.7. The molecule has 0 atom stereocenters. The highest BCUT2D eigenvalue weighted by molar-refractivity contribution is 7.09. The van der Waals surface area contributed by atoms with Crippen LogP contribution in [-0.4, -0.2) is 34.3 Å². The monoisotopic (exact) mass is 392 g/mol. The number of likely N-dealkylation sites (tertiary alicyclic amines) is 1. The number of nitrogens with two attached hydrogens (primary N) is 1. The van der Waals surface area contributed by atoms with Crippen molar-refractivity contribution in [2.75, 3.05) is 18.8 Å². The number of rotatable bonds is 5. The second kappa shape index (κ2) is 8.54. The highest BCUT2D eigenvalue weighted by Crippen LogP contribution is 2.30. The molecule has 2 aromatic carbocycles. The molecule has 4 rings (SSSR count). The number of amides is 1. The van der Waals surface area contributed by atoms with Crippen LogP contribution in [0.25, 0.3) is 11.3 Å². The lowest BCUT2D eigenvalue weighted by Crippen LogP contribution is -2.44. The fraction of sp³-hybridized carbons (Fsp3) is 0.273. The van der Waals surface area contributed by atoms with E-state index >= 15 is 0 Å². The van der Waals surface area contributed by atoms with Gasteiger partial charge in [0.25, 0.3) is 5.91 Å². The molecule has 0 bridgehead atoms. The van der Waals surface area contributed by atoms with Crippen molar-refractivity contribution in [2.24, 2.45) is 0 Å². The zero-order chi connectivity index (χ0) is 19.3. The molecular weight excluding hydrogens is 368 g/mol. The summed E-state index contributed by atoms with van der Waals surface area (Å²) in [7, 11) is 0. The second-order valence-electron chi connectivity index (χ2n) is 7.15. The first kappa shape index (κ1) is 18.7. The summed E-state index contributed by atoms with van der Waals surface area (Å²) in [5.74, 6) is -0.112. The van der Waals surface area contributed by atoms with E-state index in [4.69, 9.17) is 5.73 Å². The maximum absolute atomic E-state index is 12.7. The number of carbonyl (C=O) groups is 1. The highest BCUT2D eigenvalue weighted by Gasteiger charge is 2.24. The van der Waals surface area contributed by atoms with Gasteiger partial charge in [-0.2, -0.15) is 4.37 Å². The SMILES string of the molecule is Nc1c(-c2ccccc2)nsc1C(=O)NC1CCN(Cc2ccccc2)CC1. The lowest BCUT2D eigenvalue weighted by Gasteiger charge is -2.32. The minimum Gasteiger partial charge on any atom is -0.396 e. The Kier molecular flexibility index (Phi) is 5.69. The molecule has 1 fully saturated rings. The molecule has 0 saturated carbocycles. The topological polar surface area (TPSA) is 71.2 Å². The lowest BCUT2D eigenvalue weighted by atomic mass is 10.0. The van der Waals surface area contributed by atoms with Gasteiger partial charge in [0.2, 0.25) is 0 Å². The maximum Gasteiger partial charge on any atom is 0.265 e. The van der Waals surface area contributed by atoms with Gasteiger partial charge in [-0.3, -0.25) is 9.69 Å². The van der Waals surface area contributed by atoms with Crippen LogP contribution < -0.4 is 11.1 Å². The zero-order valence-electron chi connectivity index (χ0n) is 15.7. The normalized spacial score (nSPS) is 15.4.